The first-order chi connectivity index (χ1) is 11.0. The molecule has 122 valence electrons. The molecule has 0 aromatic heterocycles. The molecular formula is C18H19Cl2NO2. The van der Waals surface area contributed by atoms with Gasteiger partial charge in [0.2, 0.25) is 0 Å². The topological polar surface area (TPSA) is 38.3 Å². The Morgan fingerprint density at radius 2 is 1.70 bits per heavy atom. The van der Waals surface area contributed by atoms with Gasteiger partial charge in [-0.2, -0.15) is 0 Å². The SMILES string of the molecule is CCc1ccc(O[C@H](CC)C(=O)Nc2cc(Cl)cc(Cl)c2)cc1. The van der Waals surface area contributed by atoms with Gasteiger partial charge in [0.25, 0.3) is 5.91 Å². The number of carbonyl (C=O) groups excluding carboxylic acids is 1. The number of nitrogens with one attached hydrogen (secondary N) is 1. The lowest BCUT2D eigenvalue weighted by Crippen LogP contribution is -2.32. The number of aryl methyl sites for hydroxylation is 1. The predicted octanol–water partition coefficient (Wildman–Crippen LogP) is 5.35. The molecule has 1 atom stereocenters. The minimum Gasteiger partial charge on any atom is -0.481 e. The van der Waals surface area contributed by atoms with Crippen LogP contribution < -0.4 is 10.1 Å². The lowest BCUT2D eigenvalue weighted by atomic mass is 10.1. The van der Waals surface area contributed by atoms with Crippen molar-refractivity contribution in [1.29, 1.82) is 0 Å². The van der Waals surface area contributed by atoms with E-state index in [2.05, 4.69) is 12.2 Å². The van der Waals surface area contributed by atoms with Crippen molar-refractivity contribution in [2.24, 2.45) is 0 Å². The first-order valence-electron chi connectivity index (χ1n) is 7.54. The second kappa shape index (κ2) is 8.23. The van der Waals surface area contributed by atoms with E-state index in [1.165, 1.54) is 5.56 Å². The highest BCUT2D eigenvalue weighted by molar-refractivity contribution is 6.35. The molecule has 2 aromatic carbocycles. The summed E-state index contributed by atoms with van der Waals surface area (Å²) in [6, 6.07) is 12.7. The van der Waals surface area contributed by atoms with Gasteiger partial charge in [-0.3, -0.25) is 4.79 Å². The first kappa shape index (κ1) is 17.6. The molecule has 5 heteroatoms. The zero-order valence-electron chi connectivity index (χ0n) is 13.1. The van der Waals surface area contributed by atoms with Crippen LogP contribution in [0.2, 0.25) is 10.0 Å². The second-order valence-corrected chi connectivity index (χ2v) is 6.03. The van der Waals surface area contributed by atoms with Crippen molar-refractivity contribution in [2.75, 3.05) is 5.32 Å². The van der Waals surface area contributed by atoms with Gasteiger partial charge < -0.3 is 10.1 Å². The maximum atomic E-state index is 12.4. The van der Waals surface area contributed by atoms with Gasteiger partial charge in [0.15, 0.2) is 6.10 Å². The third-order valence-electron chi connectivity index (χ3n) is 3.40. The molecule has 0 aliphatic heterocycles. The summed E-state index contributed by atoms with van der Waals surface area (Å²) in [5, 5.41) is 3.72. The van der Waals surface area contributed by atoms with Crippen LogP contribution in [0.1, 0.15) is 25.8 Å². The van der Waals surface area contributed by atoms with Crippen molar-refractivity contribution in [3.63, 3.8) is 0 Å². The van der Waals surface area contributed by atoms with Crippen LogP contribution in [0.4, 0.5) is 5.69 Å². The third kappa shape index (κ3) is 5.15. The average molecular weight is 352 g/mol. The van der Waals surface area contributed by atoms with Crippen LogP contribution in [0.5, 0.6) is 5.75 Å². The number of hydrogen-bond donors (Lipinski definition) is 1. The molecule has 1 N–H and O–H groups in total. The van der Waals surface area contributed by atoms with Gasteiger partial charge in [-0.15, -0.1) is 0 Å². The smallest absolute Gasteiger partial charge is 0.265 e. The molecule has 0 aliphatic carbocycles. The van der Waals surface area contributed by atoms with Crippen LogP contribution in [0.25, 0.3) is 0 Å². The number of anilines is 1. The summed E-state index contributed by atoms with van der Waals surface area (Å²) in [4.78, 5) is 12.4. The normalized spacial score (nSPS) is 11.8. The molecule has 0 saturated carbocycles. The number of hydrogen-bond acceptors (Lipinski definition) is 2. The van der Waals surface area contributed by atoms with E-state index in [9.17, 15) is 4.79 Å². The molecule has 0 unspecified atom stereocenters. The Morgan fingerprint density at radius 3 is 2.22 bits per heavy atom. The fourth-order valence-corrected chi connectivity index (χ4v) is 2.67. The van der Waals surface area contributed by atoms with Gasteiger partial charge in [-0.05, 0) is 48.7 Å². The molecule has 0 radical (unpaired) electrons. The Morgan fingerprint density at radius 1 is 1.09 bits per heavy atom. The number of amides is 1. The van der Waals surface area contributed by atoms with E-state index in [0.29, 0.717) is 27.9 Å². The summed E-state index contributed by atoms with van der Waals surface area (Å²) < 4.78 is 5.78. The molecule has 0 fully saturated rings. The molecule has 0 heterocycles. The van der Waals surface area contributed by atoms with Crippen molar-refractivity contribution in [1.82, 2.24) is 0 Å². The highest BCUT2D eigenvalue weighted by atomic mass is 35.5. The summed E-state index contributed by atoms with van der Waals surface area (Å²) >= 11 is 11.9. The van der Waals surface area contributed by atoms with E-state index >= 15 is 0 Å². The van der Waals surface area contributed by atoms with E-state index in [1.807, 2.05) is 31.2 Å². The van der Waals surface area contributed by atoms with Gasteiger partial charge >= 0.3 is 0 Å². The van der Waals surface area contributed by atoms with Gasteiger partial charge in [0.1, 0.15) is 5.75 Å². The standard InChI is InChI=1S/C18H19Cl2NO2/c1-3-12-5-7-16(8-6-12)23-17(4-2)18(22)21-15-10-13(19)9-14(20)11-15/h5-11,17H,3-4H2,1-2H3,(H,21,22)/t17-/m1/s1. The number of rotatable bonds is 6. The Hall–Kier alpha value is -1.71. The van der Waals surface area contributed by atoms with Gasteiger partial charge in [0, 0.05) is 15.7 Å². The van der Waals surface area contributed by atoms with E-state index in [4.69, 9.17) is 27.9 Å². The maximum absolute atomic E-state index is 12.4. The lowest BCUT2D eigenvalue weighted by Gasteiger charge is -2.17. The summed E-state index contributed by atoms with van der Waals surface area (Å²) in [5.41, 5.74) is 1.78. The van der Waals surface area contributed by atoms with Crippen LogP contribution >= 0.6 is 23.2 Å². The van der Waals surface area contributed by atoms with Crippen LogP contribution in [0.15, 0.2) is 42.5 Å². The summed E-state index contributed by atoms with van der Waals surface area (Å²) in [5.74, 6) is 0.443. The highest BCUT2D eigenvalue weighted by Crippen LogP contribution is 2.23. The summed E-state index contributed by atoms with van der Waals surface area (Å²) in [6.45, 7) is 3.99. The number of ether oxygens (including phenoxy) is 1. The zero-order chi connectivity index (χ0) is 16.8. The summed E-state index contributed by atoms with van der Waals surface area (Å²) in [6.07, 6.45) is 0.934. The van der Waals surface area contributed by atoms with Crippen LogP contribution in [0.3, 0.4) is 0 Å². The van der Waals surface area contributed by atoms with E-state index in [-0.39, 0.29) is 5.91 Å². The minimum atomic E-state index is -0.583. The van der Waals surface area contributed by atoms with Crippen molar-refractivity contribution in [2.45, 2.75) is 32.8 Å². The molecule has 0 spiro atoms. The molecule has 0 saturated heterocycles. The fourth-order valence-electron chi connectivity index (χ4n) is 2.14. The Bertz CT molecular complexity index is 651. The monoisotopic (exact) mass is 351 g/mol. The molecule has 2 aromatic rings. The van der Waals surface area contributed by atoms with Crippen molar-refractivity contribution < 1.29 is 9.53 Å². The minimum absolute atomic E-state index is 0.231. The Balaban J connectivity index is 2.05. The summed E-state index contributed by atoms with van der Waals surface area (Å²) in [7, 11) is 0. The number of benzene rings is 2. The zero-order valence-corrected chi connectivity index (χ0v) is 14.6. The van der Waals surface area contributed by atoms with Crippen LogP contribution in [0, 0.1) is 0 Å². The Labute approximate surface area is 146 Å². The largest absolute Gasteiger partial charge is 0.481 e. The number of halogens is 2. The van der Waals surface area contributed by atoms with Gasteiger partial charge in [0.05, 0.1) is 0 Å². The maximum Gasteiger partial charge on any atom is 0.265 e. The van der Waals surface area contributed by atoms with Crippen molar-refractivity contribution in [3.05, 3.63) is 58.1 Å². The molecule has 2 rings (SSSR count). The van der Waals surface area contributed by atoms with E-state index in [0.717, 1.165) is 6.42 Å². The predicted molar refractivity (Wildman–Crippen MR) is 95.6 cm³/mol. The molecule has 0 aliphatic rings. The van der Waals surface area contributed by atoms with E-state index < -0.39 is 6.10 Å². The lowest BCUT2D eigenvalue weighted by molar-refractivity contribution is -0.122. The fraction of sp³-hybridized carbons (Fsp3) is 0.278. The van der Waals surface area contributed by atoms with E-state index in [1.54, 1.807) is 18.2 Å². The molecular weight excluding hydrogens is 333 g/mol. The second-order valence-electron chi connectivity index (χ2n) is 5.16. The molecule has 0 bridgehead atoms. The first-order valence-corrected chi connectivity index (χ1v) is 8.30. The quantitative estimate of drug-likeness (QED) is 0.761. The number of carbonyl (C=O) groups is 1. The Kier molecular flexibility index (Phi) is 6.31. The van der Waals surface area contributed by atoms with Crippen LogP contribution in [-0.2, 0) is 11.2 Å². The van der Waals surface area contributed by atoms with Gasteiger partial charge in [-0.1, -0.05) is 49.2 Å². The highest BCUT2D eigenvalue weighted by Gasteiger charge is 2.18. The van der Waals surface area contributed by atoms with Crippen molar-refractivity contribution in [3.8, 4) is 5.75 Å². The van der Waals surface area contributed by atoms with Crippen LogP contribution in [-0.4, -0.2) is 12.0 Å². The van der Waals surface area contributed by atoms with Gasteiger partial charge in [-0.25, -0.2) is 0 Å². The molecule has 3 nitrogen and oxygen atoms in total. The molecule has 23 heavy (non-hydrogen) atoms. The van der Waals surface area contributed by atoms with Crippen molar-refractivity contribution >= 4 is 34.8 Å². The average Bonchev–Trinajstić information content (AvgIpc) is 2.52. The molecule has 1 amide bonds. The third-order valence-corrected chi connectivity index (χ3v) is 3.84.